The number of hydrogen-bond donors (Lipinski definition) is 2. The molecule has 0 aliphatic heterocycles. The third-order valence-corrected chi connectivity index (χ3v) is 8.92. The van der Waals surface area contributed by atoms with Gasteiger partial charge in [0.25, 0.3) is 5.91 Å². The van der Waals surface area contributed by atoms with Crippen molar-refractivity contribution in [2.24, 2.45) is 16.2 Å². The summed E-state index contributed by atoms with van der Waals surface area (Å²) in [6.45, 7) is -0.138. The maximum atomic E-state index is 14.5. The van der Waals surface area contributed by atoms with Crippen molar-refractivity contribution in [3.05, 3.63) is 34.2 Å². The van der Waals surface area contributed by atoms with Gasteiger partial charge in [-0.05, 0) is 44.2 Å². The van der Waals surface area contributed by atoms with E-state index in [1.54, 1.807) is 0 Å². The molecule has 0 saturated heterocycles. The zero-order chi connectivity index (χ0) is 26.3. The second-order valence-electron chi connectivity index (χ2n) is 10.0. The first-order chi connectivity index (χ1) is 16.8. The Labute approximate surface area is 206 Å². The van der Waals surface area contributed by atoms with Crippen LogP contribution in [0.25, 0.3) is 10.9 Å². The van der Waals surface area contributed by atoms with Crippen molar-refractivity contribution in [3.8, 4) is 0 Å². The first-order valence-corrected chi connectivity index (χ1v) is 13.9. The molecule has 2 unspecified atom stereocenters. The minimum atomic E-state index is -3.36. The number of carbonyl (C=O) groups is 1. The number of fused-ring (bicyclic) bond motifs is 1. The number of amides is 1. The Kier molecular flexibility index (Phi) is 7.31. The van der Waals surface area contributed by atoms with Gasteiger partial charge >= 0.3 is 0 Å². The van der Waals surface area contributed by atoms with Crippen LogP contribution in [-0.4, -0.2) is 51.8 Å². The summed E-state index contributed by atoms with van der Waals surface area (Å²) in [4.78, 5) is 32.3. The summed E-state index contributed by atoms with van der Waals surface area (Å²) in [5.41, 5.74) is -0.0242. The average Bonchev–Trinajstić information content (AvgIpc) is 2.78. The monoisotopic (exact) mass is 530 g/mol. The van der Waals surface area contributed by atoms with Crippen LogP contribution in [0.1, 0.15) is 56.6 Å². The van der Waals surface area contributed by atoms with E-state index in [4.69, 9.17) is 0 Å². The molecule has 0 spiro atoms. The molecule has 12 heteroatoms. The molecule has 2 saturated carbocycles. The molecule has 2 aromatic rings. The number of likely N-dealkylation sites (N-methyl/N-ethyl adjacent to an activating group) is 1. The van der Waals surface area contributed by atoms with Crippen LogP contribution in [0.4, 0.5) is 17.6 Å². The van der Waals surface area contributed by atoms with Crippen LogP contribution < -0.4 is 10.7 Å². The molecule has 36 heavy (non-hydrogen) atoms. The largest absolute Gasteiger partial charge is 0.358 e. The standard InChI is InChI=1S/C24H30F4N4O3S/c1-29-13-20(34)32-36(2,35)22-21-17(6-10-30-22)31-18(11-19(21)33)16-12-24(27,28)9-5-15(16)14-3-7-23(25,26)8-4-14/h6,10-11,14-16,29H,3-5,7-9,12-13H2,1-2H3,(H,31,33)/t15?,16-,36?/m1/s1. The lowest BCUT2D eigenvalue weighted by Crippen LogP contribution is -2.38. The molecule has 2 aromatic heterocycles. The molecular weight excluding hydrogens is 500 g/mol. The number of H-pyrrole nitrogens is 1. The van der Waals surface area contributed by atoms with Gasteiger partial charge in [-0.2, -0.15) is 4.36 Å². The number of nitrogens with zero attached hydrogens (tertiary/aromatic N) is 2. The van der Waals surface area contributed by atoms with Crippen LogP contribution in [0.15, 0.2) is 32.5 Å². The van der Waals surface area contributed by atoms with Crippen LogP contribution in [0.5, 0.6) is 0 Å². The smallest absolute Gasteiger partial charge is 0.268 e. The SMILES string of the molecule is CNCC(=O)N=S(C)(=O)c1nccc2[nH]c([C@@H]3CC(F)(F)CCC3C3CCC(F)(F)CC3)cc(=O)c12. The molecule has 2 aliphatic carbocycles. The van der Waals surface area contributed by atoms with Crippen molar-refractivity contribution in [1.82, 2.24) is 15.3 Å². The number of hydrogen-bond acceptors (Lipinski definition) is 5. The summed E-state index contributed by atoms with van der Waals surface area (Å²) in [5.74, 6) is -7.43. The Bertz CT molecular complexity index is 1330. The maximum absolute atomic E-state index is 14.5. The van der Waals surface area contributed by atoms with Gasteiger partial charge in [0.15, 0.2) is 5.43 Å². The highest BCUT2D eigenvalue weighted by atomic mass is 32.2. The predicted molar refractivity (Wildman–Crippen MR) is 128 cm³/mol. The Morgan fingerprint density at radius 1 is 1.19 bits per heavy atom. The van der Waals surface area contributed by atoms with Gasteiger partial charge in [0.05, 0.1) is 27.2 Å². The number of pyridine rings is 2. The predicted octanol–water partition coefficient (Wildman–Crippen LogP) is 4.47. The Balaban J connectivity index is 1.76. The number of aromatic nitrogens is 2. The maximum Gasteiger partial charge on any atom is 0.268 e. The molecule has 4 rings (SSSR count). The van der Waals surface area contributed by atoms with Gasteiger partial charge < -0.3 is 10.3 Å². The highest BCUT2D eigenvalue weighted by Gasteiger charge is 2.47. The van der Waals surface area contributed by atoms with E-state index >= 15 is 0 Å². The number of rotatable bonds is 5. The van der Waals surface area contributed by atoms with Gasteiger partial charge in [0.2, 0.25) is 11.8 Å². The van der Waals surface area contributed by atoms with Crippen molar-refractivity contribution in [2.75, 3.05) is 19.8 Å². The molecule has 1 amide bonds. The fourth-order valence-corrected chi connectivity index (χ4v) is 7.03. The van der Waals surface area contributed by atoms with Crippen molar-refractivity contribution in [1.29, 1.82) is 0 Å². The van der Waals surface area contributed by atoms with Gasteiger partial charge in [-0.25, -0.2) is 26.8 Å². The summed E-state index contributed by atoms with van der Waals surface area (Å²) >= 11 is 0. The molecule has 3 atom stereocenters. The summed E-state index contributed by atoms with van der Waals surface area (Å²) in [6, 6.07) is 2.70. The molecule has 2 N–H and O–H groups in total. The van der Waals surface area contributed by atoms with Crippen molar-refractivity contribution < 1.29 is 26.6 Å². The van der Waals surface area contributed by atoms with E-state index < -0.39 is 45.2 Å². The first-order valence-electron chi connectivity index (χ1n) is 12.0. The summed E-state index contributed by atoms with van der Waals surface area (Å²) in [5, 5.41) is 2.44. The highest BCUT2D eigenvalue weighted by Crippen LogP contribution is 2.51. The van der Waals surface area contributed by atoms with Crippen molar-refractivity contribution in [3.63, 3.8) is 0 Å². The molecule has 0 aromatic carbocycles. The van der Waals surface area contributed by atoms with Gasteiger partial charge in [-0.15, -0.1) is 0 Å². The molecule has 0 radical (unpaired) electrons. The lowest BCUT2D eigenvalue weighted by atomic mass is 9.65. The van der Waals surface area contributed by atoms with Gasteiger partial charge in [-0.1, -0.05) is 0 Å². The summed E-state index contributed by atoms with van der Waals surface area (Å²) in [7, 11) is -1.83. The van der Waals surface area contributed by atoms with Gasteiger partial charge in [0.1, 0.15) is 5.03 Å². The van der Waals surface area contributed by atoms with E-state index in [1.165, 1.54) is 31.6 Å². The van der Waals surface area contributed by atoms with Crippen LogP contribution in [0.3, 0.4) is 0 Å². The van der Waals surface area contributed by atoms with E-state index in [9.17, 15) is 31.4 Å². The Hall–Kier alpha value is -2.34. The third-order valence-electron chi connectivity index (χ3n) is 7.34. The molecule has 2 fully saturated rings. The summed E-state index contributed by atoms with van der Waals surface area (Å²) < 4.78 is 73.5. The topological polar surface area (TPSA) is 104 Å². The first kappa shape index (κ1) is 26.7. The van der Waals surface area contributed by atoms with Gasteiger partial charge in [0, 0.05) is 55.8 Å². The van der Waals surface area contributed by atoms with E-state index in [0.717, 1.165) is 0 Å². The molecule has 2 aliphatic rings. The van der Waals surface area contributed by atoms with Crippen LogP contribution in [-0.2, 0) is 14.5 Å². The molecular formula is C24H30F4N4O3S. The normalized spacial score (nSPS) is 25.8. The summed E-state index contributed by atoms with van der Waals surface area (Å²) in [6.07, 6.45) is 1.90. The van der Waals surface area contributed by atoms with E-state index in [-0.39, 0.29) is 72.8 Å². The van der Waals surface area contributed by atoms with E-state index in [2.05, 4.69) is 19.6 Å². The van der Waals surface area contributed by atoms with E-state index in [1.807, 2.05) is 0 Å². The number of nitrogens with one attached hydrogen (secondary N) is 2. The van der Waals surface area contributed by atoms with Crippen LogP contribution in [0.2, 0.25) is 0 Å². The highest BCUT2D eigenvalue weighted by molar-refractivity contribution is 7.93. The lowest BCUT2D eigenvalue weighted by Gasteiger charge is -2.42. The van der Waals surface area contributed by atoms with Crippen LogP contribution >= 0.6 is 0 Å². The van der Waals surface area contributed by atoms with Crippen LogP contribution in [0, 0.1) is 11.8 Å². The Morgan fingerprint density at radius 2 is 1.86 bits per heavy atom. The quantitative estimate of drug-likeness (QED) is 0.555. The Morgan fingerprint density at radius 3 is 2.53 bits per heavy atom. The average molecular weight is 531 g/mol. The second-order valence-corrected chi connectivity index (χ2v) is 12.2. The minimum Gasteiger partial charge on any atom is -0.358 e. The molecule has 7 nitrogen and oxygen atoms in total. The number of carbonyl (C=O) groups excluding carboxylic acids is 1. The fourth-order valence-electron chi connectivity index (χ4n) is 5.65. The third kappa shape index (κ3) is 5.64. The molecule has 2 heterocycles. The fraction of sp³-hybridized carbons (Fsp3) is 0.625. The lowest BCUT2D eigenvalue weighted by molar-refractivity contribution is -0.116. The molecule has 198 valence electrons. The van der Waals surface area contributed by atoms with E-state index in [0.29, 0.717) is 5.69 Å². The van der Waals surface area contributed by atoms with Gasteiger partial charge in [-0.3, -0.25) is 9.59 Å². The van der Waals surface area contributed by atoms with Crippen molar-refractivity contribution in [2.45, 2.75) is 67.7 Å². The number of alkyl halides is 4. The number of aromatic amines is 1. The number of halogens is 4. The zero-order valence-corrected chi connectivity index (χ0v) is 21.0. The second kappa shape index (κ2) is 9.85. The van der Waals surface area contributed by atoms with Crippen molar-refractivity contribution >= 4 is 26.5 Å². The zero-order valence-electron chi connectivity index (χ0n) is 20.2. The molecule has 0 bridgehead atoms. The minimum absolute atomic E-state index is 0.0221.